The Kier molecular flexibility index (Phi) is 6.37. The van der Waals surface area contributed by atoms with Gasteiger partial charge < -0.3 is 5.32 Å². The molecular weight excluding hydrogens is 536 g/mol. The summed E-state index contributed by atoms with van der Waals surface area (Å²) >= 11 is 0. The third-order valence-corrected chi connectivity index (χ3v) is 9.02. The van der Waals surface area contributed by atoms with Crippen molar-refractivity contribution in [2.45, 2.75) is 9.79 Å². The second kappa shape index (κ2) is 9.54. The highest BCUT2D eigenvalue weighted by Gasteiger charge is 2.36. The van der Waals surface area contributed by atoms with Gasteiger partial charge in [0.1, 0.15) is 18.2 Å². The number of carbonyl (C=O) groups is 1. The molecule has 0 aliphatic carbocycles. The molecule has 1 amide bonds. The Bertz CT molecular complexity index is 1760. The van der Waals surface area contributed by atoms with E-state index in [2.05, 4.69) is 10.0 Å². The van der Waals surface area contributed by atoms with Crippen molar-refractivity contribution in [3.8, 4) is 11.1 Å². The van der Waals surface area contributed by atoms with E-state index in [1.807, 2.05) is 0 Å². The van der Waals surface area contributed by atoms with Crippen molar-refractivity contribution in [3.05, 3.63) is 103 Å². The SMILES string of the molecule is O=C(CN1c2ccc(F)cc2-c2ccccc2S1(=O)=O)Nc1ccc(S(=O)(=O)Nc2ccc(F)cc2)cc1. The highest BCUT2D eigenvalue weighted by Crippen LogP contribution is 2.43. The number of benzene rings is 4. The predicted molar refractivity (Wildman–Crippen MR) is 139 cm³/mol. The van der Waals surface area contributed by atoms with Gasteiger partial charge in [-0.25, -0.2) is 25.6 Å². The van der Waals surface area contributed by atoms with Crippen molar-refractivity contribution >= 4 is 43.0 Å². The Morgan fingerprint density at radius 2 is 1.42 bits per heavy atom. The molecule has 0 bridgehead atoms. The summed E-state index contributed by atoms with van der Waals surface area (Å²) in [6.45, 7) is -0.596. The van der Waals surface area contributed by atoms with E-state index in [9.17, 15) is 30.4 Å². The molecule has 2 N–H and O–H groups in total. The monoisotopic (exact) mass is 555 g/mol. The van der Waals surface area contributed by atoms with Gasteiger partial charge in [0.15, 0.2) is 0 Å². The van der Waals surface area contributed by atoms with E-state index in [-0.39, 0.29) is 26.9 Å². The minimum Gasteiger partial charge on any atom is -0.325 e. The summed E-state index contributed by atoms with van der Waals surface area (Å²) in [5.41, 5.74) is 1.24. The first kappa shape index (κ1) is 25.4. The van der Waals surface area contributed by atoms with Crippen LogP contribution in [0.3, 0.4) is 0 Å². The lowest BCUT2D eigenvalue weighted by Crippen LogP contribution is -2.40. The fraction of sp³-hybridized carbons (Fsp3) is 0.0385. The minimum absolute atomic E-state index is 0.0471. The molecule has 194 valence electrons. The zero-order valence-electron chi connectivity index (χ0n) is 19.4. The molecule has 38 heavy (non-hydrogen) atoms. The quantitative estimate of drug-likeness (QED) is 0.362. The molecule has 1 aliphatic heterocycles. The van der Waals surface area contributed by atoms with Gasteiger partial charge in [0.05, 0.1) is 15.5 Å². The lowest BCUT2D eigenvalue weighted by Gasteiger charge is -2.31. The molecule has 0 atom stereocenters. The van der Waals surface area contributed by atoms with Gasteiger partial charge in [-0.3, -0.25) is 13.8 Å². The third kappa shape index (κ3) is 4.83. The predicted octanol–water partition coefficient (Wildman–Crippen LogP) is 4.58. The van der Waals surface area contributed by atoms with Crippen LogP contribution < -0.4 is 14.3 Å². The van der Waals surface area contributed by atoms with Crippen LogP contribution in [0.4, 0.5) is 25.8 Å². The maximum absolute atomic E-state index is 14.0. The second-order valence-corrected chi connectivity index (χ2v) is 11.9. The van der Waals surface area contributed by atoms with Crippen LogP contribution >= 0.6 is 0 Å². The standard InChI is InChI=1S/C26H19F2N3O5S2/c27-17-5-8-20(9-6-17)30-37(33,34)21-12-10-19(11-13-21)29-26(32)16-31-24-14-7-18(28)15-23(24)22-3-1-2-4-25(22)38(31,35)36/h1-15,30H,16H2,(H,29,32). The molecule has 12 heteroatoms. The van der Waals surface area contributed by atoms with Crippen molar-refractivity contribution in [1.82, 2.24) is 0 Å². The van der Waals surface area contributed by atoms with Crippen LogP contribution in [0.1, 0.15) is 0 Å². The number of nitrogens with one attached hydrogen (secondary N) is 2. The number of halogens is 2. The van der Waals surface area contributed by atoms with E-state index >= 15 is 0 Å². The minimum atomic E-state index is -4.12. The van der Waals surface area contributed by atoms with Crippen LogP contribution in [-0.2, 0) is 24.8 Å². The molecule has 0 aromatic heterocycles. The van der Waals surface area contributed by atoms with Gasteiger partial charge in [0, 0.05) is 22.5 Å². The highest BCUT2D eigenvalue weighted by molar-refractivity contribution is 7.93. The van der Waals surface area contributed by atoms with Crippen LogP contribution in [0.5, 0.6) is 0 Å². The van der Waals surface area contributed by atoms with Crippen LogP contribution in [-0.4, -0.2) is 29.3 Å². The molecule has 0 radical (unpaired) electrons. The second-order valence-electron chi connectivity index (χ2n) is 8.35. The van der Waals surface area contributed by atoms with Crippen molar-refractivity contribution in [2.75, 3.05) is 20.9 Å². The molecular formula is C26H19F2N3O5S2. The number of carbonyl (C=O) groups excluding carboxylic acids is 1. The van der Waals surface area contributed by atoms with Crippen LogP contribution in [0.25, 0.3) is 11.1 Å². The first-order valence-corrected chi connectivity index (χ1v) is 14.1. The molecule has 0 unspecified atom stereocenters. The number of rotatable bonds is 6. The summed E-state index contributed by atoms with van der Waals surface area (Å²) in [4.78, 5) is 12.7. The number of hydrogen-bond acceptors (Lipinski definition) is 5. The molecule has 0 saturated heterocycles. The molecule has 0 spiro atoms. The molecule has 4 aromatic rings. The van der Waals surface area contributed by atoms with Crippen LogP contribution in [0, 0.1) is 11.6 Å². The summed E-state index contributed by atoms with van der Waals surface area (Å²) in [6.07, 6.45) is 0. The van der Waals surface area contributed by atoms with E-state index in [0.29, 0.717) is 11.1 Å². The molecule has 5 rings (SSSR count). The van der Waals surface area contributed by atoms with Gasteiger partial charge in [-0.2, -0.15) is 0 Å². The molecule has 1 heterocycles. The third-order valence-electron chi connectivity index (χ3n) is 5.80. The normalized spacial score (nSPS) is 13.8. The van der Waals surface area contributed by atoms with Crippen molar-refractivity contribution in [2.24, 2.45) is 0 Å². The summed E-state index contributed by atoms with van der Waals surface area (Å²) in [5.74, 6) is -1.75. The first-order valence-electron chi connectivity index (χ1n) is 11.1. The van der Waals surface area contributed by atoms with E-state index in [0.717, 1.165) is 22.5 Å². The number of nitrogens with zero attached hydrogens (tertiary/aromatic N) is 1. The number of anilines is 3. The van der Waals surface area contributed by atoms with E-state index < -0.39 is 44.1 Å². The topological polar surface area (TPSA) is 113 Å². The van der Waals surface area contributed by atoms with Gasteiger partial charge in [-0.05, 0) is 72.8 Å². The van der Waals surface area contributed by atoms with Gasteiger partial charge in [-0.1, -0.05) is 18.2 Å². The van der Waals surface area contributed by atoms with Gasteiger partial charge in [-0.15, -0.1) is 0 Å². The van der Waals surface area contributed by atoms with Crippen LogP contribution in [0.2, 0.25) is 0 Å². The number of sulfonamides is 2. The van der Waals surface area contributed by atoms with Gasteiger partial charge in [0.2, 0.25) is 5.91 Å². The number of fused-ring (bicyclic) bond motifs is 3. The summed E-state index contributed by atoms with van der Waals surface area (Å²) < 4.78 is 82.2. The van der Waals surface area contributed by atoms with Crippen molar-refractivity contribution < 1.29 is 30.4 Å². The highest BCUT2D eigenvalue weighted by atomic mass is 32.2. The van der Waals surface area contributed by atoms with Crippen molar-refractivity contribution in [1.29, 1.82) is 0 Å². The largest absolute Gasteiger partial charge is 0.325 e. The molecule has 1 aliphatic rings. The van der Waals surface area contributed by atoms with Crippen molar-refractivity contribution in [3.63, 3.8) is 0 Å². The van der Waals surface area contributed by atoms with Crippen LogP contribution in [0.15, 0.2) is 101 Å². The van der Waals surface area contributed by atoms with E-state index in [1.54, 1.807) is 18.2 Å². The lowest BCUT2D eigenvalue weighted by atomic mass is 10.0. The number of hydrogen-bond donors (Lipinski definition) is 2. The first-order chi connectivity index (χ1) is 18.0. The molecule has 0 saturated carbocycles. The maximum atomic E-state index is 14.0. The Hall–Kier alpha value is -4.29. The van der Waals surface area contributed by atoms with E-state index in [1.165, 1.54) is 54.6 Å². The smallest absolute Gasteiger partial charge is 0.265 e. The fourth-order valence-electron chi connectivity index (χ4n) is 4.05. The Balaban J connectivity index is 1.34. The molecule has 4 aromatic carbocycles. The Morgan fingerprint density at radius 3 is 2.13 bits per heavy atom. The Morgan fingerprint density at radius 1 is 0.789 bits per heavy atom. The van der Waals surface area contributed by atoms with E-state index in [4.69, 9.17) is 0 Å². The van der Waals surface area contributed by atoms with Gasteiger partial charge in [0.25, 0.3) is 20.0 Å². The average Bonchev–Trinajstić information content (AvgIpc) is 2.88. The molecule has 8 nitrogen and oxygen atoms in total. The lowest BCUT2D eigenvalue weighted by molar-refractivity contribution is -0.114. The zero-order chi connectivity index (χ0) is 27.1. The maximum Gasteiger partial charge on any atom is 0.265 e. The zero-order valence-corrected chi connectivity index (χ0v) is 21.1. The fourth-order valence-corrected chi connectivity index (χ4v) is 6.76. The Labute approximate surface area is 217 Å². The summed E-state index contributed by atoms with van der Waals surface area (Å²) in [7, 11) is -8.09. The summed E-state index contributed by atoms with van der Waals surface area (Å²) in [6, 6.07) is 19.8. The average molecular weight is 556 g/mol. The number of amides is 1. The summed E-state index contributed by atoms with van der Waals surface area (Å²) in [5, 5.41) is 2.55. The van der Waals surface area contributed by atoms with Gasteiger partial charge >= 0.3 is 0 Å². The molecule has 0 fully saturated rings.